The van der Waals surface area contributed by atoms with Gasteiger partial charge >= 0.3 is 0 Å². The second kappa shape index (κ2) is 5.95. The van der Waals surface area contributed by atoms with Crippen molar-refractivity contribution in [1.82, 2.24) is 0 Å². The highest BCUT2D eigenvalue weighted by Gasteiger charge is 2.17. The molecule has 0 atom stereocenters. The number of halogens is 3. The monoisotopic (exact) mass is 467 g/mol. The third kappa shape index (κ3) is 3.59. The zero-order valence-electron chi connectivity index (χ0n) is 9.40. The third-order valence-corrected chi connectivity index (χ3v) is 5.37. The van der Waals surface area contributed by atoms with Crippen LogP contribution in [-0.2, 0) is 10.0 Å². The number of hydrogen-bond acceptors (Lipinski definition) is 2. The van der Waals surface area contributed by atoms with E-state index in [-0.39, 0.29) is 4.90 Å². The summed E-state index contributed by atoms with van der Waals surface area (Å²) in [5.41, 5.74) is 0.465. The number of nitrogens with one attached hydrogen (secondary N) is 1. The van der Waals surface area contributed by atoms with E-state index in [9.17, 15) is 8.42 Å². The van der Waals surface area contributed by atoms with Crippen LogP contribution in [0.25, 0.3) is 0 Å². The Labute approximate surface area is 136 Å². The van der Waals surface area contributed by atoms with Crippen molar-refractivity contribution in [3.8, 4) is 0 Å². The highest BCUT2D eigenvalue weighted by molar-refractivity contribution is 9.11. The molecule has 0 bridgehead atoms. The molecule has 2 aromatic carbocycles. The summed E-state index contributed by atoms with van der Waals surface area (Å²) in [7, 11) is -3.60. The smallest absolute Gasteiger partial charge is 0.261 e. The van der Waals surface area contributed by atoms with Gasteiger partial charge in [-0.15, -0.1) is 0 Å². The lowest BCUT2D eigenvalue weighted by atomic mass is 10.3. The molecule has 100 valence electrons. The van der Waals surface area contributed by atoms with Gasteiger partial charge in [0, 0.05) is 13.4 Å². The fourth-order valence-electron chi connectivity index (χ4n) is 1.43. The number of rotatable bonds is 3. The standard InChI is InChI=1S/C12H8Br3NO2S/c13-8-6-10(14)12(11(15)7-8)16-19(17,18)9-4-2-1-3-5-9/h1-7,16H. The molecule has 0 amide bonds. The first-order valence-corrected chi connectivity index (χ1v) is 8.99. The molecule has 0 aliphatic rings. The van der Waals surface area contributed by atoms with Crippen LogP contribution in [0, 0.1) is 0 Å². The molecule has 0 fully saturated rings. The molecule has 7 heteroatoms. The van der Waals surface area contributed by atoms with Crippen LogP contribution >= 0.6 is 47.8 Å². The van der Waals surface area contributed by atoms with Gasteiger partial charge in [0.15, 0.2) is 0 Å². The largest absolute Gasteiger partial charge is 0.277 e. The Morgan fingerprint density at radius 1 is 0.895 bits per heavy atom. The average molecular weight is 470 g/mol. The van der Waals surface area contributed by atoms with Gasteiger partial charge in [0.1, 0.15) is 0 Å². The Kier molecular flexibility index (Phi) is 4.70. The Morgan fingerprint density at radius 3 is 1.95 bits per heavy atom. The highest BCUT2D eigenvalue weighted by atomic mass is 79.9. The molecule has 0 aliphatic heterocycles. The SMILES string of the molecule is O=S(=O)(Nc1c(Br)cc(Br)cc1Br)c1ccccc1. The van der Waals surface area contributed by atoms with Gasteiger partial charge in [0.25, 0.3) is 10.0 Å². The van der Waals surface area contributed by atoms with Gasteiger partial charge in [0.05, 0.1) is 10.6 Å². The van der Waals surface area contributed by atoms with E-state index in [4.69, 9.17) is 0 Å². The van der Waals surface area contributed by atoms with Gasteiger partial charge in [-0.05, 0) is 56.1 Å². The molecule has 0 spiro atoms. The Hall–Kier alpha value is -0.370. The van der Waals surface area contributed by atoms with Gasteiger partial charge in [-0.1, -0.05) is 34.1 Å². The molecule has 2 rings (SSSR count). The van der Waals surface area contributed by atoms with Gasteiger partial charge < -0.3 is 0 Å². The number of benzene rings is 2. The molecule has 3 nitrogen and oxygen atoms in total. The van der Waals surface area contributed by atoms with E-state index in [1.54, 1.807) is 42.5 Å². The van der Waals surface area contributed by atoms with Crippen LogP contribution in [0.2, 0.25) is 0 Å². The molecule has 0 unspecified atom stereocenters. The van der Waals surface area contributed by atoms with Crippen molar-refractivity contribution in [3.05, 3.63) is 55.9 Å². The molecule has 0 saturated carbocycles. The third-order valence-electron chi connectivity index (χ3n) is 2.30. The molecule has 0 aliphatic carbocycles. The van der Waals surface area contributed by atoms with Crippen LogP contribution in [0.1, 0.15) is 0 Å². The van der Waals surface area contributed by atoms with E-state index in [2.05, 4.69) is 52.5 Å². The van der Waals surface area contributed by atoms with Crippen LogP contribution in [0.15, 0.2) is 60.8 Å². The zero-order valence-corrected chi connectivity index (χ0v) is 15.0. The van der Waals surface area contributed by atoms with Crippen molar-refractivity contribution in [3.63, 3.8) is 0 Å². The Bertz CT molecular complexity index is 679. The van der Waals surface area contributed by atoms with Crippen LogP contribution in [0.5, 0.6) is 0 Å². The summed E-state index contributed by atoms with van der Waals surface area (Å²) in [5, 5.41) is 0. The fourth-order valence-corrected chi connectivity index (χ4v) is 5.27. The number of hydrogen-bond donors (Lipinski definition) is 1. The van der Waals surface area contributed by atoms with Crippen LogP contribution in [0.4, 0.5) is 5.69 Å². The normalized spacial score (nSPS) is 11.3. The summed E-state index contributed by atoms with van der Waals surface area (Å²) in [5.74, 6) is 0. The van der Waals surface area contributed by atoms with E-state index in [0.717, 1.165) is 4.47 Å². The fraction of sp³-hybridized carbons (Fsp3) is 0. The average Bonchev–Trinajstić information content (AvgIpc) is 2.35. The predicted molar refractivity (Wildman–Crippen MR) is 86.8 cm³/mol. The maximum Gasteiger partial charge on any atom is 0.261 e. The van der Waals surface area contributed by atoms with Gasteiger partial charge in [0.2, 0.25) is 0 Å². The summed E-state index contributed by atoms with van der Waals surface area (Å²) < 4.78 is 29.1. The van der Waals surface area contributed by atoms with E-state index in [1.165, 1.54) is 0 Å². The van der Waals surface area contributed by atoms with Crippen molar-refractivity contribution in [2.24, 2.45) is 0 Å². The lowest BCUT2D eigenvalue weighted by molar-refractivity contribution is 0.601. The van der Waals surface area contributed by atoms with Gasteiger partial charge in [-0.3, -0.25) is 4.72 Å². The first-order valence-electron chi connectivity index (χ1n) is 5.12. The molecular weight excluding hydrogens is 462 g/mol. The maximum absolute atomic E-state index is 12.2. The van der Waals surface area contributed by atoms with Crippen molar-refractivity contribution in [1.29, 1.82) is 0 Å². The van der Waals surface area contributed by atoms with Crippen molar-refractivity contribution >= 4 is 63.5 Å². The summed E-state index contributed by atoms with van der Waals surface area (Å²) in [4.78, 5) is 0.219. The minimum atomic E-state index is -3.60. The van der Waals surface area contributed by atoms with Gasteiger partial charge in [-0.2, -0.15) is 0 Å². The zero-order chi connectivity index (χ0) is 14.0. The number of anilines is 1. The summed E-state index contributed by atoms with van der Waals surface area (Å²) in [6.07, 6.45) is 0. The van der Waals surface area contributed by atoms with Crippen LogP contribution < -0.4 is 4.72 Å². The summed E-state index contributed by atoms with van der Waals surface area (Å²) in [6.45, 7) is 0. The summed E-state index contributed by atoms with van der Waals surface area (Å²) >= 11 is 10.0. The second-order valence-electron chi connectivity index (χ2n) is 3.66. The first kappa shape index (κ1) is 15.0. The molecule has 19 heavy (non-hydrogen) atoms. The quantitative estimate of drug-likeness (QED) is 0.703. The molecular formula is C12H8Br3NO2S. The molecule has 0 aromatic heterocycles. The maximum atomic E-state index is 12.2. The Balaban J connectivity index is 2.42. The van der Waals surface area contributed by atoms with E-state index >= 15 is 0 Å². The highest BCUT2D eigenvalue weighted by Crippen LogP contribution is 2.35. The van der Waals surface area contributed by atoms with Crippen molar-refractivity contribution in [2.45, 2.75) is 4.90 Å². The van der Waals surface area contributed by atoms with Crippen LogP contribution in [-0.4, -0.2) is 8.42 Å². The van der Waals surface area contributed by atoms with E-state index < -0.39 is 10.0 Å². The van der Waals surface area contributed by atoms with Gasteiger partial charge in [-0.25, -0.2) is 8.42 Å². The molecule has 2 aromatic rings. The minimum absolute atomic E-state index is 0.219. The van der Waals surface area contributed by atoms with E-state index in [0.29, 0.717) is 14.6 Å². The molecule has 0 saturated heterocycles. The lowest BCUT2D eigenvalue weighted by Crippen LogP contribution is -2.13. The molecule has 1 N–H and O–H groups in total. The molecule has 0 radical (unpaired) electrons. The number of sulfonamides is 1. The lowest BCUT2D eigenvalue weighted by Gasteiger charge is -2.12. The van der Waals surface area contributed by atoms with Crippen molar-refractivity contribution < 1.29 is 8.42 Å². The van der Waals surface area contributed by atoms with Crippen molar-refractivity contribution in [2.75, 3.05) is 4.72 Å². The predicted octanol–water partition coefficient (Wildman–Crippen LogP) is 4.77. The topological polar surface area (TPSA) is 46.2 Å². The van der Waals surface area contributed by atoms with Crippen LogP contribution in [0.3, 0.4) is 0 Å². The summed E-state index contributed by atoms with van der Waals surface area (Å²) in [6, 6.07) is 11.8. The second-order valence-corrected chi connectivity index (χ2v) is 7.97. The van der Waals surface area contributed by atoms with E-state index in [1.807, 2.05) is 0 Å². The Morgan fingerprint density at radius 2 is 1.42 bits per heavy atom. The first-order chi connectivity index (χ1) is 8.90. The minimum Gasteiger partial charge on any atom is -0.277 e. The molecule has 0 heterocycles.